The van der Waals surface area contributed by atoms with Crippen molar-refractivity contribution < 1.29 is 8.39 Å². The van der Waals surface area contributed by atoms with Gasteiger partial charge in [0.25, 0.3) is 0 Å². The topological polar surface area (TPSA) is 38.3 Å². The van der Waals surface area contributed by atoms with Gasteiger partial charge in [-0.05, 0) is 92.5 Å². The third-order valence-electron chi connectivity index (χ3n) is 8.93. The van der Waals surface area contributed by atoms with Crippen molar-refractivity contribution in [1.29, 1.82) is 0 Å². The molecule has 11 unspecified atom stereocenters. The van der Waals surface area contributed by atoms with Crippen LogP contribution in [0.3, 0.4) is 0 Å². The maximum atomic E-state index is 12.9. The zero-order valence-electron chi connectivity index (χ0n) is 15.9. The molecule has 0 spiro atoms. The van der Waals surface area contributed by atoms with Gasteiger partial charge in [0, 0.05) is 0 Å². The summed E-state index contributed by atoms with van der Waals surface area (Å²) in [6.07, 6.45) is 9.37. The Hall–Kier alpha value is 0.0700. The van der Waals surface area contributed by atoms with Gasteiger partial charge < -0.3 is 5.32 Å². The van der Waals surface area contributed by atoms with Crippen molar-refractivity contribution in [2.75, 3.05) is 13.1 Å². The van der Waals surface area contributed by atoms with Crippen LogP contribution in [-0.2, 0) is 15.3 Å². The molecule has 5 rings (SSSR count). The van der Waals surface area contributed by atoms with Gasteiger partial charge in [-0.3, -0.25) is 4.18 Å². The lowest BCUT2D eigenvalue weighted by molar-refractivity contribution is -0.0940. The van der Waals surface area contributed by atoms with Crippen molar-refractivity contribution in [3.63, 3.8) is 0 Å². The Balaban J connectivity index is 1.50. The molecule has 3 aliphatic carbocycles. The summed E-state index contributed by atoms with van der Waals surface area (Å²) in [7, 11) is 0. The SMILES string of the molecule is CC1CCCC2C1CCC1OS(=O)C3CCC4C(C)CNCC4C3C12. The molecule has 0 bridgehead atoms. The molecular formula is C21H35NO2S. The molecule has 0 aromatic rings. The van der Waals surface area contributed by atoms with Crippen LogP contribution in [0.25, 0.3) is 0 Å². The van der Waals surface area contributed by atoms with Gasteiger partial charge >= 0.3 is 0 Å². The van der Waals surface area contributed by atoms with E-state index in [0.29, 0.717) is 17.1 Å². The molecular weight excluding hydrogens is 330 g/mol. The molecule has 2 saturated heterocycles. The largest absolute Gasteiger partial charge is 0.316 e. The first-order valence-electron chi connectivity index (χ1n) is 10.9. The lowest BCUT2D eigenvalue weighted by Crippen LogP contribution is -2.61. The van der Waals surface area contributed by atoms with Crippen LogP contribution in [-0.4, -0.2) is 28.7 Å². The fourth-order valence-corrected chi connectivity index (χ4v) is 9.45. The second kappa shape index (κ2) is 6.60. The Morgan fingerprint density at radius 3 is 2.48 bits per heavy atom. The Morgan fingerprint density at radius 1 is 0.800 bits per heavy atom. The first kappa shape index (κ1) is 17.2. The summed E-state index contributed by atoms with van der Waals surface area (Å²) in [6, 6.07) is 0. The van der Waals surface area contributed by atoms with Gasteiger partial charge in [-0.15, -0.1) is 0 Å². The molecule has 1 N–H and O–H groups in total. The summed E-state index contributed by atoms with van der Waals surface area (Å²) in [5.41, 5.74) is 0. The van der Waals surface area contributed by atoms with E-state index in [9.17, 15) is 4.21 Å². The minimum absolute atomic E-state index is 0.282. The number of hydrogen-bond donors (Lipinski definition) is 1. The van der Waals surface area contributed by atoms with Crippen molar-refractivity contribution in [2.45, 2.75) is 70.1 Å². The van der Waals surface area contributed by atoms with E-state index in [0.717, 1.165) is 54.9 Å². The molecule has 0 aromatic carbocycles. The van der Waals surface area contributed by atoms with Crippen LogP contribution in [0.2, 0.25) is 0 Å². The first-order valence-corrected chi connectivity index (χ1v) is 12.1. The highest BCUT2D eigenvalue weighted by atomic mass is 32.2. The highest BCUT2D eigenvalue weighted by Crippen LogP contribution is 2.57. The summed E-state index contributed by atoms with van der Waals surface area (Å²) in [4.78, 5) is 0. The van der Waals surface area contributed by atoms with Gasteiger partial charge in [0.2, 0.25) is 0 Å². The number of nitrogens with one attached hydrogen (secondary N) is 1. The highest BCUT2D eigenvalue weighted by Gasteiger charge is 2.58. The minimum atomic E-state index is -1.05. The smallest absolute Gasteiger partial charge is 0.159 e. The monoisotopic (exact) mass is 365 g/mol. The Bertz CT molecular complexity index is 540. The zero-order chi connectivity index (χ0) is 17.1. The fourth-order valence-electron chi connectivity index (χ4n) is 7.87. The molecule has 142 valence electrons. The van der Waals surface area contributed by atoms with E-state index < -0.39 is 11.1 Å². The van der Waals surface area contributed by atoms with Crippen LogP contribution in [0, 0.1) is 47.3 Å². The van der Waals surface area contributed by atoms with E-state index in [1.54, 1.807) is 0 Å². The van der Waals surface area contributed by atoms with E-state index >= 15 is 0 Å². The highest BCUT2D eigenvalue weighted by molar-refractivity contribution is 7.80. The molecule has 11 atom stereocenters. The van der Waals surface area contributed by atoms with Crippen molar-refractivity contribution >= 4 is 11.1 Å². The van der Waals surface area contributed by atoms with Crippen LogP contribution >= 0.6 is 0 Å². The quantitative estimate of drug-likeness (QED) is 0.710. The molecule has 5 aliphatic rings. The number of piperidine rings is 1. The molecule has 4 heteroatoms. The molecule has 3 saturated carbocycles. The van der Waals surface area contributed by atoms with Gasteiger partial charge in [0.15, 0.2) is 11.1 Å². The summed E-state index contributed by atoms with van der Waals surface area (Å²) in [5.74, 6) is 6.31. The Kier molecular flexibility index (Phi) is 4.53. The Morgan fingerprint density at radius 2 is 1.60 bits per heavy atom. The molecule has 2 aliphatic heterocycles. The third-order valence-corrected chi connectivity index (χ3v) is 10.4. The summed E-state index contributed by atoms with van der Waals surface area (Å²) < 4.78 is 19.1. The minimum Gasteiger partial charge on any atom is -0.316 e. The lowest BCUT2D eigenvalue weighted by atomic mass is 9.52. The van der Waals surface area contributed by atoms with Gasteiger partial charge in [-0.1, -0.05) is 26.7 Å². The van der Waals surface area contributed by atoms with Crippen LogP contribution in [0.15, 0.2) is 0 Å². The van der Waals surface area contributed by atoms with E-state index in [1.807, 2.05) is 0 Å². The number of rotatable bonds is 0. The van der Waals surface area contributed by atoms with Crippen LogP contribution in [0.1, 0.15) is 58.8 Å². The molecule has 2 heterocycles. The number of fused-ring (bicyclic) bond motifs is 7. The normalized spacial score (nSPS) is 58.4. The molecule has 0 aromatic heterocycles. The van der Waals surface area contributed by atoms with Crippen LogP contribution < -0.4 is 5.32 Å². The van der Waals surface area contributed by atoms with E-state index in [4.69, 9.17) is 4.18 Å². The van der Waals surface area contributed by atoms with Crippen molar-refractivity contribution in [3.05, 3.63) is 0 Å². The summed E-state index contributed by atoms with van der Waals surface area (Å²) in [5, 5.41) is 4.03. The van der Waals surface area contributed by atoms with Gasteiger partial charge in [-0.25, -0.2) is 4.21 Å². The van der Waals surface area contributed by atoms with E-state index in [2.05, 4.69) is 19.2 Å². The number of hydrogen-bond acceptors (Lipinski definition) is 3. The van der Waals surface area contributed by atoms with Gasteiger partial charge in [0.05, 0.1) is 11.4 Å². The molecule has 0 amide bonds. The van der Waals surface area contributed by atoms with Crippen molar-refractivity contribution in [3.8, 4) is 0 Å². The fraction of sp³-hybridized carbons (Fsp3) is 1.00. The maximum Gasteiger partial charge on any atom is 0.159 e. The second-order valence-electron chi connectivity index (χ2n) is 9.94. The van der Waals surface area contributed by atoms with Gasteiger partial charge in [-0.2, -0.15) is 0 Å². The molecule has 0 radical (unpaired) electrons. The predicted molar refractivity (Wildman–Crippen MR) is 101 cm³/mol. The van der Waals surface area contributed by atoms with E-state index in [-0.39, 0.29) is 6.10 Å². The second-order valence-corrected chi connectivity index (χ2v) is 11.3. The van der Waals surface area contributed by atoms with E-state index in [1.165, 1.54) is 38.6 Å². The molecule has 25 heavy (non-hydrogen) atoms. The predicted octanol–water partition coefficient (Wildman–Crippen LogP) is 3.76. The lowest BCUT2D eigenvalue weighted by Gasteiger charge is -2.59. The summed E-state index contributed by atoms with van der Waals surface area (Å²) in [6.45, 7) is 7.26. The molecule has 5 fully saturated rings. The maximum absolute atomic E-state index is 12.9. The average molecular weight is 366 g/mol. The third kappa shape index (κ3) is 2.69. The molecule has 3 nitrogen and oxygen atoms in total. The Labute approximate surface area is 155 Å². The first-order chi connectivity index (χ1) is 12.1. The zero-order valence-corrected chi connectivity index (χ0v) is 16.7. The standard InChI is InChI=1S/C21H35NO2S/c1-12-4-3-5-16-14(12)6-8-18-20(16)21-17-11-22-10-13(2)15(17)7-9-19(21)25(23)24-18/h12-22H,3-11H2,1-2H3. The van der Waals surface area contributed by atoms with Crippen molar-refractivity contribution in [2.24, 2.45) is 47.3 Å². The average Bonchev–Trinajstić information content (AvgIpc) is 2.61. The van der Waals surface area contributed by atoms with Gasteiger partial charge in [0.1, 0.15) is 0 Å². The van der Waals surface area contributed by atoms with Crippen molar-refractivity contribution in [1.82, 2.24) is 5.32 Å². The van der Waals surface area contributed by atoms with Crippen LogP contribution in [0.5, 0.6) is 0 Å². The summed E-state index contributed by atoms with van der Waals surface area (Å²) >= 11 is -1.05. The van der Waals surface area contributed by atoms with Crippen LogP contribution in [0.4, 0.5) is 0 Å².